The summed E-state index contributed by atoms with van der Waals surface area (Å²) >= 11 is 0. The van der Waals surface area contributed by atoms with E-state index in [-0.39, 0.29) is 11.8 Å². The Morgan fingerprint density at radius 3 is 2.23 bits per heavy atom. The molecule has 0 N–H and O–H groups in total. The van der Waals surface area contributed by atoms with Crippen molar-refractivity contribution < 1.29 is 14.3 Å². The summed E-state index contributed by atoms with van der Waals surface area (Å²) in [6.45, 7) is 5.41. The van der Waals surface area contributed by atoms with Gasteiger partial charge in [-0.2, -0.15) is 0 Å². The molecule has 0 spiro atoms. The maximum absolute atomic E-state index is 13.2. The number of likely N-dealkylation sites (tertiary alicyclic amines) is 1. The molecule has 5 nitrogen and oxygen atoms in total. The van der Waals surface area contributed by atoms with E-state index in [1.807, 2.05) is 30.3 Å². The minimum Gasteiger partial charge on any atom is -0.497 e. The van der Waals surface area contributed by atoms with Crippen LogP contribution >= 0.6 is 0 Å². The second kappa shape index (κ2) is 10.1. The molecule has 2 fully saturated rings. The third-order valence-electron chi connectivity index (χ3n) is 6.48. The Labute approximate surface area is 179 Å². The number of amides is 1. The summed E-state index contributed by atoms with van der Waals surface area (Å²) in [6, 6.07) is 19.0. The summed E-state index contributed by atoms with van der Waals surface area (Å²) in [5.41, 5.74) is 2.33. The van der Waals surface area contributed by atoms with Crippen LogP contribution in [0, 0.1) is 0 Å². The van der Waals surface area contributed by atoms with Crippen LogP contribution in [0.4, 0.5) is 0 Å². The van der Waals surface area contributed by atoms with Crippen molar-refractivity contribution in [3.05, 3.63) is 65.7 Å². The highest BCUT2D eigenvalue weighted by molar-refractivity contribution is 5.78. The van der Waals surface area contributed by atoms with Crippen molar-refractivity contribution in [1.29, 1.82) is 0 Å². The molecule has 0 bridgehead atoms. The minimum atomic E-state index is 0.0570. The first-order valence-corrected chi connectivity index (χ1v) is 11.0. The van der Waals surface area contributed by atoms with E-state index in [2.05, 4.69) is 34.1 Å². The predicted octanol–water partition coefficient (Wildman–Crippen LogP) is 3.54. The maximum Gasteiger partial charge on any atom is 0.223 e. The molecule has 2 heterocycles. The van der Waals surface area contributed by atoms with E-state index in [0.29, 0.717) is 12.5 Å². The smallest absolute Gasteiger partial charge is 0.223 e. The van der Waals surface area contributed by atoms with Crippen molar-refractivity contribution in [3.63, 3.8) is 0 Å². The molecule has 4 rings (SSSR count). The van der Waals surface area contributed by atoms with Crippen LogP contribution in [0.15, 0.2) is 54.6 Å². The van der Waals surface area contributed by atoms with Crippen LogP contribution in [0.5, 0.6) is 5.75 Å². The van der Waals surface area contributed by atoms with Gasteiger partial charge in [0.15, 0.2) is 0 Å². The molecular formula is C25H32N2O3. The van der Waals surface area contributed by atoms with Crippen LogP contribution in [0.1, 0.15) is 36.3 Å². The summed E-state index contributed by atoms with van der Waals surface area (Å²) in [5.74, 6) is 1.14. The molecule has 2 aliphatic heterocycles. The van der Waals surface area contributed by atoms with Crippen molar-refractivity contribution in [2.75, 3.05) is 46.5 Å². The van der Waals surface area contributed by atoms with E-state index in [1.54, 1.807) is 7.11 Å². The van der Waals surface area contributed by atoms with Gasteiger partial charge < -0.3 is 14.4 Å². The zero-order valence-corrected chi connectivity index (χ0v) is 17.8. The highest BCUT2D eigenvalue weighted by atomic mass is 16.5. The van der Waals surface area contributed by atoms with Crippen molar-refractivity contribution in [3.8, 4) is 5.75 Å². The molecular weight excluding hydrogens is 376 g/mol. The number of morpholine rings is 1. The third-order valence-corrected chi connectivity index (χ3v) is 6.48. The summed E-state index contributed by atoms with van der Waals surface area (Å²) in [5, 5.41) is 0. The van der Waals surface area contributed by atoms with Crippen LogP contribution < -0.4 is 4.74 Å². The zero-order valence-electron chi connectivity index (χ0n) is 17.8. The topological polar surface area (TPSA) is 42.0 Å². The van der Waals surface area contributed by atoms with Gasteiger partial charge in [-0.05, 0) is 36.1 Å². The fraction of sp³-hybridized carbons (Fsp3) is 0.480. The van der Waals surface area contributed by atoms with E-state index in [9.17, 15) is 4.79 Å². The SMILES string of the molecule is COc1ccc([C@@H](CC(=O)N2CCC(N3CCOCC3)CC2)c2ccccc2)cc1. The van der Waals surface area contributed by atoms with Gasteiger partial charge in [-0.25, -0.2) is 0 Å². The van der Waals surface area contributed by atoms with Gasteiger partial charge >= 0.3 is 0 Å². The Morgan fingerprint density at radius 1 is 0.967 bits per heavy atom. The maximum atomic E-state index is 13.2. The van der Waals surface area contributed by atoms with Gasteiger partial charge in [0, 0.05) is 44.6 Å². The first-order chi connectivity index (χ1) is 14.7. The van der Waals surface area contributed by atoms with Crippen LogP contribution in [0.25, 0.3) is 0 Å². The number of hydrogen-bond donors (Lipinski definition) is 0. The molecule has 2 aromatic rings. The lowest BCUT2D eigenvalue weighted by Crippen LogP contribution is -2.50. The Bertz CT molecular complexity index is 795. The average molecular weight is 409 g/mol. The van der Waals surface area contributed by atoms with E-state index in [1.165, 1.54) is 5.56 Å². The lowest BCUT2D eigenvalue weighted by Gasteiger charge is -2.40. The molecule has 2 aromatic carbocycles. The molecule has 0 saturated carbocycles. The molecule has 2 aliphatic rings. The quantitative estimate of drug-likeness (QED) is 0.733. The first-order valence-electron chi connectivity index (χ1n) is 11.0. The van der Waals surface area contributed by atoms with Gasteiger partial charge in [-0.3, -0.25) is 9.69 Å². The molecule has 30 heavy (non-hydrogen) atoms. The molecule has 5 heteroatoms. The van der Waals surface area contributed by atoms with Gasteiger partial charge in [0.1, 0.15) is 5.75 Å². The Balaban J connectivity index is 1.42. The van der Waals surface area contributed by atoms with Crippen molar-refractivity contribution in [2.24, 2.45) is 0 Å². The first kappa shape index (κ1) is 20.9. The van der Waals surface area contributed by atoms with Crippen molar-refractivity contribution in [2.45, 2.75) is 31.2 Å². The zero-order chi connectivity index (χ0) is 20.8. The average Bonchev–Trinajstić information content (AvgIpc) is 2.84. The molecule has 2 saturated heterocycles. The minimum absolute atomic E-state index is 0.0570. The summed E-state index contributed by atoms with van der Waals surface area (Å²) in [6.07, 6.45) is 2.62. The van der Waals surface area contributed by atoms with E-state index in [0.717, 1.165) is 63.5 Å². The van der Waals surface area contributed by atoms with Crippen LogP contribution in [0.2, 0.25) is 0 Å². The third kappa shape index (κ3) is 5.02. The van der Waals surface area contributed by atoms with Crippen molar-refractivity contribution >= 4 is 5.91 Å². The fourth-order valence-electron chi connectivity index (χ4n) is 4.68. The Hall–Kier alpha value is -2.37. The summed E-state index contributed by atoms with van der Waals surface area (Å²) in [4.78, 5) is 17.8. The number of benzene rings is 2. The van der Waals surface area contributed by atoms with Crippen molar-refractivity contribution in [1.82, 2.24) is 9.80 Å². The van der Waals surface area contributed by atoms with Crippen LogP contribution in [0.3, 0.4) is 0 Å². The molecule has 0 aromatic heterocycles. The summed E-state index contributed by atoms with van der Waals surface area (Å²) < 4.78 is 10.8. The number of carbonyl (C=O) groups is 1. The van der Waals surface area contributed by atoms with Gasteiger partial charge in [-0.15, -0.1) is 0 Å². The van der Waals surface area contributed by atoms with E-state index >= 15 is 0 Å². The van der Waals surface area contributed by atoms with Crippen LogP contribution in [-0.4, -0.2) is 68.3 Å². The number of piperidine rings is 1. The Kier molecular flexibility index (Phi) is 7.03. The number of rotatable bonds is 6. The molecule has 1 atom stereocenters. The molecule has 160 valence electrons. The molecule has 0 aliphatic carbocycles. The van der Waals surface area contributed by atoms with E-state index < -0.39 is 0 Å². The highest BCUT2D eigenvalue weighted by Crippen LogP contribution is 2.30. The largest absolute Gasteiger partial charge is 0.497 e. The Morgan fingerprint density at radius 2 is 1.60 bits per heavy atom. The normalized spacial score (nSPS) is 19.4. The lowest BCUT2D eigenvalue weighted by atomic mass is 9.87. The van der Waals surface area contributed by atoms with E-state index in [4.69, 9.17) is 9.47 Å². The fourth-order valence-corrected chi connectivity index (χ4v) is 4.68. The monoisotopic (exact) mass is 408 g/mol. The number of carbonyl (C=O) groups excluding carboxylic acids is 1. The second-order valence-electron chi connectivity index (χ2n) is 8.20. The molecule has 0 unspecified atom stereocenters. The predicted molar refractivity (Wildman–Crippen MR) is 118 cm³/mol. The number of hydrogen-bond acceptors (Lipinski definition) is 4. The van der Waals surface area contributed by atoms with Gasteiger partial charge in [0.2, 0.25) is 5.91 Å². The van der Waals surface area contributed by atoms with Gasteiger partial charge in [0.25, 0.3) is 0 Å². The molecule has 1 amide bonds. The summed E-state index contributed by atoms with van der Waals surface area (Å²) in [7, 11) is 1.67. The number of ether oxygens (including phenoxy) is 2. The van der Waals surface area contributed by atoms with Gasteiger partial charge in [0.05, 0.1) is 20.3 Å². The number of nitrogens with zero attached hydrogens (tertiary/aromatic N) is 2. The number of methoxy groups -OCH3 is 1. The standard InChI is InChI=1S/C25H32N2O3/c1-29-23-9-7-21(8-10-23)24(20-5-3-2-4-6-20)19-25(28)27-13-11-22(12-14-27)26-15-17-30-18-16-26/h2-10,22,24H,11-19H2,1H3/t24-/m0/s1. The van der Waals surface area contributed by atoms with Gasteiger partial charge in [-0.1, -0.05) is 42.5 Å². The second-order valence-corrected chi connectivity index (χ2v) is 8.20. The lowest BCUT2D eigenvalue weighted by molar-refractivity contribution is -0.133. The van der Waals surface area contributed by atoms with Crippen LogP contribution in [-0.2, 0) is 9.53 Å². The highest BCUT2D eigenvalue weighted by Gasteiger charge is 2.29. The molecule has 0 radical (unpaired) electrons.